The molecule has 0 amide bonds. The molecule has 0 saturated carbocycles. The lowest BCUT2D eigenvalue weighted by Crippen LogP contribution is -2.27. The Morgan fingerprint density at radius 1 is 1.22 bits per heavy atom. The Balaban J connectivity index is 1.76. The van der Waals surface area contributed by atoms with Gasteiger partial charge in [0.1, 0.15) is 12.1 Å². The summed E-state index contributed by atoms with van der Waals surface area (Å²) in [5, 5.41) is 0. The molecule has 2 N–H and O–H groups in total. The Kier molecular flexibility index (Phi) is 3.43. The van der Waals surface area contributed by atoms with Crippen LogP contribution in [0.2, 0.25) is 0 Å². The molecule has 5 nitrogen and oxygen atoms in total. The van der Waals surface area contributed by atoms with E-state index >= 15 is 0 Å². The lowest BCUT2D eigenvalue weighted by molar-refractivity contribution is 0.0845. The highest BCUT2D eigenvalue weighted by molar-refractivity contribution is 5.41. The van der Waals surface area contributed by atoms with E-state index in [9.17, 15) is 0 Å². The zero-order chi connectivity index (χ0) is 12.4. The molecule has 1 atom stereocenters. The van der Waals surface area contributed by atoms with Crippen LogP contribution in [0, 0.1) is 0 Å². The standard InChI is InChI=1S/C13H20N4O/c14-11-1-4-17(8-11)13-7-12(15-9-16-13)10-2-5-18-6-3-10/h7,9-11H,1-6,8,14H2. The number of nitrogens with zero attached hydrogens (tertiary/aromatic N) is 3. The molecular weight excluding hydrogens is 228 g/mol. The van der Waals surface area contributed by atoms with Gasteiger partial charge in [-0.05, 0) is 19.3 Å². The lowest BCUT2D eigenvalue weighted by atomic mass is 9.96. The highest BCUT2D eigenvalue weighted by Crippen LogP contribution is 2.27. The molecule has 0 bridgehead atoms. The average Bonchev–Trinajstić information content (AvgIpc) is 2.87. The molecule has 1 aromatic rings. The van der Waals surface area contributed by atoms with Gasteiger partial charge >= 0.3 is 0 Å². The van der Waals surface area contributed by atoms with Gasteiger partial charge in [0.2, 0.25) is 0 Å². The van der Waals surface area contributed by atoms with Gasteiger partial charge in [-0.15, -0.1) is 0 Å². The van der Waals surface area contributed by atoms with Crippen LogP contribution in [0.4, 0.5) is 5.82 Å². The fourth-order valence-corrected chi connectivity index (χ4v) is 2.75. The molecule has 18 heavy (non-hydrogen) atoms. The first-order chi connectivity index (χ1) is 8.83. The topological polar surface area (TPSA) is 64.3 Å². The smallest absolute Gasteiger partial charge is 0.132 e. The Bertz CT molecular complexity index is 386. The second-order valence-electron chi connectivity index (χ2n) is 5.18. The number of ether oxygens (including phenoxy) is 1. The van der Waals surface area contributed by atoms with E-state index in [1.54, 1.807) is 6.33 Å². The van der Waals surface area contributed by atoms with E-state index in [2.05, 4.69) is 20.9 Å². The fraction of sp³-hybridized carbons (Fsp3) is 0.692. The van der Waals surface area contributed by atoms with Crippen molar-refractivity contribution in [2.24, 2.45) is 5.73 Å². The monoisotopic (exact) mass is 248 g/mol. The number of hydrogen-bond donors (Lipinski definition) is 1. The second-order valence-corrected chi connectivity index (χ2v) is 5.18. The van der Waals surface area contributed by atoms with Gasteiger partial charge in [0.15, 0.2) is 0 Å². The summed E-state index contributed by atoms with van der Waals surface area (Å²) in [5.74, 6) is 1.55. The Morgan fingerprint density at radius 3 is 2.78 bits per heavy atom. The van der Waals surface area contributed by atoms with Crippen molar-refractivity contribution in [3.63, 3.8) is 0 Å². The molecule has 0 aliphatic carbocycles. The summed E-state index contributed by atoms with van der Waals surface area (Å²) in [5.41, 5.74) is 7.10. The van der Waals surface area contributed by atoms with Crippen LogP contribution in [0.1, 0.15) is 30.9 Å². The number of aromatic nitrogens is 2. The summed E-state index contributed by atoms with van der Waals surface area (Å²) >= 11 is 0. The zero-order valence-electron chi connectivity index (χ0n) is 10.6. The van der Waals surface area contributed by atoms with Crippen molar-refractivity contribution in [1.82, 2.24) is 9.97 Å². The van der Waals surface area contributed by atoms with Gasteiger partial charge in [-0.3, -0.25) is 0 Å². The van der Waals surface area contributed by atoms with E-state index in [-0.39, 0.29) is 6.04 Å². The van der Waals surface area contributed by atoms with Crippen LogP contribution in [0.3, 0.4) is 0 Å². The first-order valence-electron chi connectivity index (χ1n) is 6.73. The van der Waals surface area contributed by atoms with Gasteiger partial charge in [-0.1, -0.05) is 0 Å². The van der Waals surface area contributed by atoms with Crippen LogP contribution in [0.5, 0.6) is 0 Å². The summed E-state index contributed by atoms with van der Waals surface area (Å²) in [7, 11) is 0. The summed E-state index contributed by atoms with van der Waals surface area (Å²) in [6.07, 6.45) is 4.87. The molecule has 3 heterocycles. The molecule has 0 aromatic carbocycles. The normalized spacial score (nSPS) is 25.6. The number of nitrogens with two attached hydrogens (primary N) is 1. The fourth-order valence-electron chi connectivity index (χ4n) is 2.75. The van der Waals surface area contributed by atoms with Gasteiger partial charge in [-0.25, -0.2) is 9.97 Å². The highest BCUT2D eigenvalue weighted by Gasteiger charge is 2.22. The Morgan fingerprint density at radius 2 is 2.06 bits per heavy atom. The lowest BCUT2D eigenvalue weighted by Gasteiger charge is -2.23. The predicted molar refractivity (Wildman–Crippen MR) is 69.6 cm³/mol. The van der Waals surface area contributed by atoms with Crippen molar-refractivity contribution >= 4 is 5.82 Å². The van der Waals surface area contributed by atoms with Crippen LogP contribution < -0.4 is 10.6 Å². The van der Waals surface area contributed by atoms with E-state index in [1.165, 1.54) is 0 Å². The van der Waals surface area contributed by atoms with Crippen LogP contribution >= 0.6 is 0 Å². The SMILES string of the molecule is NC1CCN(c2cc(C3CCOCC3)ncn2)C1. The molecule has 2 fully saturated rings. The zero-order valence-corrected chi connectivity index (χ0v) is 10.6. The maximum absolute atomic E-state index is 5.94. The van der Waals surface area contributed by atoms with Crippen molar-refractivity contribution < 1.29 is 4.74 Å². The summed E-state index contributed by atoms with van der Waals surface area (Å²) in [6, 6.07) is 2.42. The third-order valence-electron chi connectivity index (χ3n) is 3.86. The van der Waals surface area contributed by atoms with E-state index in [0.29, 0.717) is 5.92 Å². The minimum atomic E-state index is 0.284. The number of anilines is 1. The van der Waals surface area contributed by atoms with Crippen molar-refractivity contribution in [2.45, 2.75) is 31.2 Å². The molecule has 1 aromatic heterocycles. The molecule has 2 aliphatic heterocycles. The third kappa shape index (κ3) is 2.47. The predicted octanol–water partition coefficient (Wildman–Crippen LogP) is 0.908. The first-order valence-corrected chi connectivity index (χ1v) is 6.73. The van der Waals surface area contributed by atoms with Crippen molar-refractivity contribution in [1.29, 1.82) is 0 Å². The molecule has 98 valence electrons. The summed E-state index contributed by atoms with van der Waals surface area (Å²) in [4.78, 5) is 11.1. The first kappa shape index (κ1) is 11.9. The van der Waals surface area contributed by atoms with Crippen molar-refractivity contribution in [2.75, 3.05) is 31.2 Å². The van der Waals surface area contributed by atoms with E-state index in [0.717, 1.165) is 57.1 Å². The Labute approximate surface area is 107 Å². The number of rotatable bonds is 2. The van der Waals surface area contributed by atoms with Crippen LogP contribution in [-0.2, 0) is 4.74 Å². The average molecular weight is 248 g/mol. The molecule has 0 spiro atoms. The van der Waals surface area contributed by atoms with E-state index in [4.69, 9.17) is 10.5 Å². The largest absolute Gasteiger partial charge is 0.381 e. The number of hydrogen-bond acceptors (Lipinski definition) is 5. The molecule has 2 saturated heterocycles. The minimum Gasteiger partial charge on any atom is -0.381 e. The van der Waals surface area contributed by atoms with Gasteiger partial charge in [0.05, 0.1) is 0 Å². The Hall–Kier alpha value is -1.20. The van der Waals surface area contributed by atoms with E-state index in [1.807, 2.05) is 0 Å². The minimum absolute atomic E-state index is 0.284. The maximum atomic E-state index is 5.94. The van der Waals surface area contributed by atoms with Gasteiger partial charge in [0, 0.05) is 50.0 Å². The van der Waals surface area contributed by atoms with Crippen molar-refractivity contribution in [3.05, 3.63) is 18.1 Å². The molecule has 1 unspecified atom stereocenters. The molecule has 2 aliphatic rings. The van der Waals surface area contributed by atoms with Gasteiger partial charge < -0.3 is 15.4 Å². The van der Waals surface area contributed by atoms with Crippen molar-refractivity contribution in [3.8, 4) is 0 Å². The molecule has 5 heteroatoms. The third-order valence-corrected chi connectivity index (χ3v) is 3.86. The molecule has 0 radical (unpaired) electrons. The summed E-state index contributed by atoms with van der Waals surface area (Å²) < 4.78 is 5.39. The van der Waals surface area contributed by atoms with Gasteiger partial charge in [0.25, 0.3) is 0 Å². The highest BCUT2D eigenvalue weighted by atomic mass is 16.5. The summed E-state index contributed by atoms with van der Waals surface area (Å²) in [6.45, 7) is 3.60. The quantitative estimate of drug-likeness (QED) is 0.842. The van der Waals surface area contributed by atoms with Gasteiger partial charge in [-0.2, -0.15) is 0 Å². The van der Waals surface area contributed by atoms with Crippen LogP contribution in [-0.4, -0.2) is 42.3 Å². The molecule has 3 rings (SSSR count). The molecular formula is C13H20N4O. The van der Waals surface area contributed by atoms with Crippen LogP contribution in [0.25, 0.3) is 0 Å². The van der Waals surface area contributed by atoms with E-state index < -0.39 is 0 Å². The van der Waals surface area contributed by atoms with Crippen LogP contribution in [0.15, 0.2) is 12.4 Å². The maximum Gasteiger partial charge on any atom is 0.132 e. The second kappa shape index (κ2) is 5.20.